The lowest BCUT2D eigenvalue weighted by atomic mass is 9.91. The van der Waals surface area contributed by atoms with Gasteiger partial charge in [0.25, 0.3) is 0 Å². The van der Waals surface area contributed by atoms with Crippen LogP contribution in [0.2, 0.25) is 0 Å². The number of likely N-dealkylation sites (N-methyl/N-ethyl adjacent to an activating group) is 1. The second-order valence-corrected chi connectivity index (χ2v) is 11.0. The molecule has 1 saturated heterocycles. The fourth-order valence-electron chi connectivity index (χ4n) is 5.23. The zero-order chi connectivity index (χ0) is 29.6. The summed E-state index contributed by atoms with van der Waals surface area (Å²) in [4.78, 5) is 10.9. The second-order valence-electron chi connectivity index (χ2n) is 11.0. The van der Waals surface area contributed by atoms with E-state index in [9.17, 15) is 13.9 Å². The summed E-state index contributed by atoms with van der Waals surface area (Å²) in [5.74, 6) is -5.25. The first-order valence-corrected chi connectivity index (χ1v) is 13.2. The largest absolute Gasteiger partial charge is 0.490 e. The molecule has 1 aromatic heterocycles. The van der Waals surface area contributed by atoms with Crippen LogP contribution in [0.15, 0.2) is 24.3 Å². The molecule has 1 aliphatic rings. The molecule has 0 saturated carbocycles. The molecule has 0 unspecified atom stereocenters. The fourth-order valence-corrected chi connectivity index (χ4v) is 5.23. The van der Waals surface area contributed by atoms with Crippen LogP contribution in [0.1, 0.15) is 63.5 Å². The summed E-state index contributed by atoms with van der Waals surface area (Å²) >= 11 is 0. The van der Waals surface area contributed by atoms with Crippen molar-refractivity contribution in [1.82, 2.24) is 14.9 Å². The van der Waals surface area contributed by atoms with Crippen LogP contribution in [0, 0.1) is 18.6 Å². The Bertz CT molecular complexity index is 1400. The average Bonchev–Trinajstić information content (AvgIpc) is 3.30. The third-order valence-electron chi connectivity index (χ3n) is 7.55. The predicted octanol–water partition coefficient (Wildman–Crippen LogP) is 6.12. The van der Waals surface area contributed by atoms with Crippen LogP contribution in [0.4, 0.5) is 23.4 Å². The van der Waals surface area contributed by atoms with Crippen molar-refractivity contribution in [3.05, 3.63) is 52.9 Å². The maximum Gasteiger partial charge on any atom is 0.303 e. The van der Waals surface area contributed by atoms with E-state index < -0.39 is 34.8 Å². The minimum atomic E-state index is -3.85. The van der Waals surface area contributed by atoms with E-state index in [1.807, 2.05) is 14.0 Å². The van der Waals surface area contributed by atoms with Gasteiger partial charge in [0.15, 0.2) is 17.3 Å². The van der Waals surface area contributed by atoms with Gasteiger partial charge in [-0.3, -0.25) is 4.90 Å². The number of hydrogen-bond donors (Lipinski definition) is 2. The molecule has 3 atom stereocenters. The highest BCUT2D eigenvalue weighted by Gasteiger charge is 2.49. The van der Waals surface area contributed by atoms with Crippen LogP contribution in [-0.4, -0.2) is 58.4 Å². The Balaban J connectivity index is 1.75. The van der Waals surface area contributed by atoms with Crippen molar-refractivity contribution in [2.45, 2.75) is 77.2 Å². The summed E-state index contributed by atoms with van der Waals surface area (Å²) in [5, 5.41) is 13.3. The lowest BCUT2D eigenvalue weighted by molar-refractivity contribution is -0.170. The molecule has 7 nitrogen and oxygen atoms in total. The number of nitrogens with zero attached hydrogens (tertiary/aromatic N) is 3. The monoisotopic (exact) mass is 564 g/mol. The van der Waals surface area contributed by atoms with E-state index in [2.05, 4.69) is 20.2 Å². The number of fused-ring (bicyclic) bond motifs is 1. The molecular formula is C29H36F4N4O3. The van der Waals surface area contributed by atoms with Gasteiger partial charge in [-0.05, 0) is 73.2 Å². The third-order valence-corrected chi connectivity index (χ3v) is 7.55. The molecule has 2 heterocycles. The Morgan fingerprint density at radius 1 is 1.15 bits per heavy atom. The number of hydrogen-bond acceptors (Lipinski definition) is 7. The van der Waals surface area contributed by atoms with E-state index in [-0.39, 0.29) is 51.8 Å². The molecule has 1 aliphatic heterocycles. The maximum atomic E-state index is 15.7. The Hall–Kier alpha value is -3.18. The van der Waals surface area contributed by atoms with Crippen LogP contribution in [0.25, 0.3) is 10.9 Å². The van der Waals surface area contributed by atoms with E-state index >= 15 is 8.78 Å². The first-order chi connectivity index (χ1) is 18.7. The SMILES string of the molecule is COc1c(O[C@@H](C)[C@@H]2CCCN2C)cc2c(N[C@H](C)c3cccc(C(F)(F)C(C)(C)O)c3F)nc(C)nc2c1F. The topological polar surface area (TPSA) is 79.7 Å². The summed E-state index contributed by atoms with van der Waals surface area (Å²) in [7, 11) is 3.36. The molecule has 0 bridgehead atoms. The molecule has 1 fully saturated rings. The average molecular weight is 565 g/mol. The standard InChI is InChI=1S/C29H36F4N4O3/c1-15(18-10-8-11-20(23(18)30)29(32,33)28(4,5)38)34-27-19-14-22(40-16(2)21-12-9-13-37(21)6)26(39-7)24(31)25(19)35-17(3)36-27/h8,10-11,14-16,21,38H,9,12-13H2,1-7H3,(H,34,35,36)/t15-,16+,21+/m1/s1. The molecule has 218 valence electrons. The van der Waals surface area contributed by atoms with Gasteiger partial charge in [0.2, 0.25) is 0 Å². The number of ether oxygens (including phenoxy) is 2. The minimum absolute atomic E-state index is 0.0279. The Kier molecular flexibility index (Phi) is 8.20. The van der Waals surface area contributed by atoms with Crippen LogP contribution in [-0.2, 0) is 5.92 Å². The molecule has 2 aromatic carbocycles. The first kappa shape index (κ1) is 29.8. The van der Waals surface area contributed by atoms with Gasteiger partial charge in [-0.1, -0.05) is 12.1 Å². The zero-order valence-corrected chi connectivity index (χ0v) is 23.8. The minimum Gasteiger partial charge on any atom is -0.490 e. The number of aryl methyl sites for hydroxylation is 1. The summed E-state index contributed by atoms with van der Waals surface area (Å²) in [6.07, 6.45) is 1.71. The van der Waals surface area contributed by atoms with Crippen LogP contribution >= 0.6 is 0 Å². The lowest BCUT2D eigenvalue weighted by Crippen LogP contribution is -2.41. The number of benzene rings is 2. The van der Waals surface area contributed by atoms with E-state index in [0.717, 1.165) is 39.3 Å². The van der Waals surface area contributed by atoms with Crippen molar-refractivity contribution in [3.63, 3.8) is 0 Å². The highest BCUT2D eigenvalue weighted by atomic mass is 19.3. The van der Waals surface area contributed by atoms with Crippen molar-refractivity contribution >= 4 is 16.7 Å². The third kappa shape index (κ3) is 5.41. The van der Waals surface area contributed by atoms with Crippen molar-refractivity contribution < 1.29 is 32.1 Å². The molecule has 4 rings (SSSR count). The molecule has 11 heteroatoms. The Morgan fingerprint density at radius 3 is 2.45 bits per heavy atom. The molecule has 3 aromatic rings. The maximum absolute atomic E-state index is 15.7. The molecular weight excluding hydrogens is 528 g/mol. The van der Waals surface area contributed by atoms with Crippen molar-refractivity contribution in [2.75, 3.05) is 26.0 Å². The van der Waals surface area contributed by atoms with Gasteiger partial charge in [0.1, 0.15) is 34.7 Å². The number of likely N-dealkylation sites (tertiary alicyclic amines) is 1. The number of nitrogens with one attached hydrogen (secondary N) is 1. The van der Waals surface area contributed by atoms with Gasteiger partial charge >= 0.3 is 5.92 Å². The molecule has 0 radical (unpaired) electrons. The van der Waals surface area contributed by atoms with Crippen LogP contribution in [0.5, 0.6) is 11.5 Å². The van der Waals surface area contributed by atoms with Crippen molar-refractivity contribution in [1.29, 1.82) is 0 Å². The molecule has 40 heavy (non-hydrogen) atoms. The summed E-state index contributed by atoms with van der Waals surface area (Å²) in [5.41, 5.74) is -3.51. The molecule has 0 aliphatic carbocycles. The zero-order valence-electron chi connectivity index (χ0n) is 23.8. The van der Waals surface area contributed by atoms with Gasteiger partial charge in [-0.25, -0.2) is 18.7 Å². The smallest absolute Gasteiger partial charge is 0.303 e. The number of anilines is 1. The fraction of sp³-hybridized carbons (Fsp3) is 0.517. The number of alkyl halides is 2. The van der Waals surface area contributed by atoms with Crippen LogP contribution < -0.4 is 14.8 Å². The van der Waals surface area contributed by atoms with E-state index in [1.165, 1.54) is 19.2 Å². The first-order valence-electron chi connectivity index (χ1n) is 13.2. The van der Waals surface area contributed by atoms with Gasteiger partial charge in [-0.2, -0.15) is 8.78 Å². The van der Waals surface area contributed by atoms with Crippen molar-refractivity contribution in [2.24, 2.45) is 0 Å². The molecule has 0 amide bonds. The number of methoxy groups -OCH3 is 1. The van der Waals surface area contributed by atoms with Gasteiger partial charge in [0, 0.05) is 17.0 Å². The summed E-state index contributed by atoms with van der Waals surface area (Å²) in [6.45, 7) is 7.85. The summed E-state index contributed by atoms with van der Waals surface area (Å²) in [6, 6.07) is 4.47. The highest BCUT2D eigenvalue weighted by molar-refractivity contribution is 5.92. The summed E-state index contributed by atoms with van der Waals surface area (Å²) < 4.78 is 72.4. The highest BCUT2D eigenvalue weighted by Crippen LogP contribution is 2.42. The van der Waals surface area contributed by atoms with Gasteiger partial charge in [0.05, 0.1) is 18.7 Å². The Morgan fingerprint density at radius 2 is 1.85 bits per heavy atom. The number of aliphatic hydroxyl groups is 1. The molecule has 2 N–H and O–H groups in total. The van der Waals surface area contributed by atoms with E-state index in [4.69, 9.17) is 9.47 Å². The number of aromatic nitrogens is 2. The van der Waals surface area contributed by atoms with Crippen LogP contribution in [0.3, 0.4) is 0 Å². The Labute approximate surface area is 231 Å². The quantitative estimate of drug-likeness (QED) is 0.303. The van der Waals surface area contributed by atoms with Gasteiger partial charge < -0.3 is 19.9 Å². The van der Waals surface area contributed by atoms with E-state index in [1.54, 1.807) is 19.9 Å². The normalized spacial score (nSPS) is 18.1. The van der Waals surface area contributed by atoms with Crippen molar-refractivity contribution in [3.8, 4) is 11.5 Å². The predicted molar refractivity (Wildman–Crippen MR) is 145 cm³/mol. The number of halogens is 4. The number of rotatable bonds is 9. The lowest BCUT2D eigenvalue weighted by Gasteiger charge is -2.30. The second kappa shape index (κ2) is 11.0. The van der Waals surface area contributed by atoms with E-state index in [0.29, 0.717) is 0 Å². The van der Waals surface area contributed by atoms with Gasteiger partial charge in [-0.15, -0.1) is 0 Å². The molecule has 0 spiro atoms.